The third-order valence-corrected chi connectivity index (χ3v) is 0.333. The van der Waals surface area contributed by atoms with Gasteiger partial charge < -0.3 is 10.2 Å². The molecule has 0 saturated heterocycles. The highest BCUT2D eigenvalue weighted by atomic mass is 32.1. The molecule has 0 bridgehead atoms. The molecule has 0 aliphatic carbocycles. The Morgan fingerprint density at radius 1 is 1.23 bits per heavy atom. The Morgan fingerprint density at radius 3 is 1.31 bits per heavy atom. The maximum Gasteiger partial charge on any atom is 0.300 e. The molecule has 0 spiro atoms. The standard InChI is InChI=1S/C4H8.C2H4O2.CH2O2.CH4.H2S/c1-3-4-2;1-2(3)4;2-1-3;;/h3-4H,1-2H3;1H3,(H,3,4);1H,(H,2,3);1H4;1H2. The molecule has 0 amide bonds. The van der Waals surface area contributed by atoms with Crippen molar-refractivity contribution >= 4 is 25.9 Å². The second-order valence-corrected chi connectivity index (χ2v) is 1.29. The molecule has 0 saturated carbocycles. The Hall–Kier alpha value is -0.970. The summed E-state index contributed by atoms with van der Waals surface area (Å²) >= 11 is 0. The van der Waals surface area contributed by atoms with Crippen LogP contribution in [0.1, 0.15) is 28.2 Å². The fourth-order valence-corrected chi connectivity index (χ4v) is 0. The van der Waals surface area contributed by atoms with E-state index in [9.17, 15) is 0 Å². The molecule has 0 heterocycles. The van der Waals surface area contributed by atoms with Gasteiger partial charge in [0.2, 0.25) is 0 Å². The lowest BCUT2D eigenvalue weighted by Gasteiger charge is -1.59. The fraction of sp³-hybridized carbons (Fsp3) is 0.500. The first-order chi connectivity index (χ1) is 5.06. The fourth-order valence-electron chi connectivity index (χ4n) is 0. The van der Waals surface area contributed by atoms with Crippen LogP contribution in [0.4, 0.5) is 0 Å². The zero-order chi connectivity index (χ0) is 9.70. The van der Waals surface area contributed by atoms with Crippen LogP contribution in [0.3, 0.4) is 0 Å². The van der Waals surface area contributed by atoms with E-state index in [0.717, 1.165) is 6.92 Å². The van der Waals surface area contributed by atoms with Crippen molar-refractivity contribution in [3.8, 4) is 0 Å². The Bertz CT molecular complexity index is 105. The molecular formula is C8H20O4S. The zero-order valence-electron chi connectivity index (χ0n) is 7.44. The molecule has 0 aliphatic rings. The lowest BCUT2D eigenvalue weighted by Crippen LogP contribution is -1.78. The van der Waals surface area contributed by atoms with E-state index in [4.69, 9.17) is 19.8 Å². The summed E-state index contributed by atoms with van der Waals surface area (Å²) < 4.78 is 0. The van der Waals surface area contributed by atoms with Gasteiger partial charge in [0.15, 0.2) is 0 Å². The van der Waals surface area contributed by atoms with Crippen molar-refractivity contribution in [1.29, 1.82) is 0 Å². The van der Waals surface area contributed by atoms with E-state index in [1.807, 2.05) is 26.0 Å². The zero-order valence-corrected chi connectivity index (χ0v) is 8.44. The lowest BCUT2D eigenvalue weighted by molar-refractivity contribution is -0.134. The smallest absolute Gasteiger partial charge is 0.300 e. The number of carbonyl (C=O) groups is 2. The van der Waals surface area contributed by atoms with Gasteiger partial charge in [-0.3, -0.25) is 9.59 Å². The maximum atomic E-state index is 9.00. The summed E-state index contributed by atoms with van der Waals surface area (Å²) in [6.45, 7) is 4.83. The molecule has 2 N–H and O–H groups in total. The predicted octanol–water partition coefficient (Wildman–Crippen LogP) is 2.12. The Morgan fingerprint density at radius 2 is 1.31 bits per heavy atom. The van der Waals surface area contributed by atoms with E-state index in [1.54, 1.807) is 0 Å². The summed E-state index contributed by atoms with van der Waals surface area (Å²) in [5.41, 5.74) is 0. The summed E-state index contributed by atoms with van der Waals surface area (Å²) in [6.07, 6.45) is 4.00. The van der Waals surface area contributed by atoms with Gasteiger partial charge in [-0.05, 0) is 13.8 Å². The Balaban J connectivity index is -0.0000000231. The molecule has 13 heavy (non-hydrogen) atoms. The van der Waals surface area contributed by atoms with Gasteiger partial charge >= 0.3 is 0 Å². The second-order valence-electron chi connectivity index (χ2n) is 1.29. The van der Waals surface area contributed by atoms with Gasteiger partial charge in [-0.25, -0.2) is 0 Å². The van der Waals surface area contributed by atoms with Crippen LogP contribution in [0.15, 0.2) is 12.2 Å². The first-order valence-electron chi connectivity index (χ1n) is 2.91. The van der Waals surface area contributed by atoms with E-state index in [0.29, 0.717) is 0 Å². The van der Waals surface area contributed by atoms with Crippen molar-refractivity contribution in [3.63, 3.8) is 0 Å². The molecule has 0 aromatic rings. The van der Waals surface area contributed by atoms with Crippen LogP contribution in [0.2, 0.25) is 0 Å². The van der Waals surface area contributed by atoms with Gasteiger partial charge in [-0.2, -0.15) is 13.5 Å². The highest BCUT2D eigenvalue weighted by molar-refractivity contribution is 7.59. The van der Waals surface area contributed by atoms with Crippen LogP contribution < -0.4 is 0 Å². The third kappa shape index (κ3) is 999000. The average Bonchev–Trinajstić information content (AvgIpc) is 1.88. The number of hydrogen-bond acceptors (Lipinski definition) is 2. The van der Waals surface area contributed by atoms with Crippen molar-refractivity contribution in [1.82, 2.24) is 0 Å². The average molecular weight is 212 g/mol. The highest BCUT2D eigenvalue weighted by Gasteiger charge is 1.65. The maximum absolute atomic E-state index is 9.00. The van der Waals surface area contributed by atoms with Crippen molar-refractivity contribution in [2.45, 2.75) is 28.2 Å². The van der Waals surface area contributed by atoms with Crippen molar-refractivity contribution in [2.24, 2.45) is 0 Å². The molecule has 82 valence electrons. The van der Waals surface area contributed by atoms with Crippen LogP contribution in [0, 0.1) is 0 Å². The summed E-state index contributed by atoms with van der Waals surface area (Å²) in [6, 6.07) is 0. The highest BCUT2D eigenvalue weighted by Crippen LogP contribution is 1.57. The molecule has 0 unspecified atom stereocenters. The number of hydrogen-bond donors (Lipinski definition) is 2. The molecule has 0 fully saturated rings. The van der Waals surface area contributed by atoms with Crippen molar-refractivity contribution in [3.05, 3.63) is 12.2 Å². The van der Waals surface area contributed by atoms with Gasteiger partial charge in [-0.15, -0.1) is 0 Å². The number of aliphatic carboxylic acids is 1. The van der Waals surface area contributed by atoms with Gasteiger partial charge in [0.25, 0.3) is 12.4 Å². The molecule has 0 aromatic heterocycles. The van der Waals surface area contributed by atoms with Crippen molar-refractivity contribution < 1.29 is 19.8 Å². The molecule has 0 radical (unpaired) electrons. The third-order valence-electron chi connectivity index (χ3n) is 0.333. The lowest BCUT2D eigenvalue weighted by atomic mass is 10.6. The monoisotopic (exact) mass is 212 g/mol. The van der Waals surface area contributed by atoms with E-state index in [2.05, 4.69) is 0 Å². The van der Waals surface area contributed by atoms with E-state index in [1.165, 1.54) is 0 Å². The van der Waals surface area contributed by atoms with E-state index >= 15 is 0 Å². The summed E-state index contributed by atoms with van der Waals surface area (Å²) in [7, 11) is 0. The SMILES string of the molecule is C.CC(=O)O.CC=CC.O=CO.S. The van der Waals surface area contributed by atoms with Gasteiger partial charge in [0, 0.05) is 6.92 Å². The second kappa shape index (κ2) is 43.9. The first-order valence-corrected chi connectivity index (χ1v) is 2.91. The van der Waals surface area contributed by atoms with E-state index in [-0.39, 0.29) is 27.4 Å². The number of allylic oxidation sites excluding steroid dienone is 2. The number of rotatable bonds is 0. The minimum atomic E-state index is -0.833. The van der Waals surface area contributed by atoms with Gasteiger partial charge in [0.1, 0.15) is 0 Å². The number of carboxylic acids is 1. The molecule has 0 atom stereocenters. The van der Waals surface area contributed by atoms with Crippen LogP contribution in [-0.4, -0.2) is 22.7 Å². The summed E-state index contributed by atoms with van der Waals surface area (Å²) in [5, 5.41) is 14.3. The van der Waals surface area contributed by atoms with Gasteiger partial charge in [-0.1, -0.05) is 19.6 Å². The Labute approximate surface area is 86.7 Å². The molecule has 0 rings (SSSR count). The molecule has 0 aromatic carbocycles. The first kappa shape index (κ1) is 29.6. The molecule has 5 heteroatoms. The normalized spacial score (nSPS) is 5.77. The van der Waals surface area contributed by atoms with Crippen LogP contribution in [0.5, 0.6) is 0 Å². The van der Waals surface area contributed by atoms with Gasteiger partial charge in [0.05, 0.1) is 0 Å². The summed E-state index contributed by atoms with van der Waals surface area (Å²) in [4.78, 5) is 17.4. The minimum Gasteiger partial charge on any atom is -0.483 e. The minimum absolute atomic E-state index is 0. The van der Waals surface area contributed by atoms with E-state index < -0.39 is 5.97 Å². The number of carboxylic acid groups (broad SMARTS) is 2. The van der Waals surface area contributed by atoms with Crippen molar-refractivity contribution in [2.75, 3.05) is 0 Å². The van der Waals surface area contributed by atoms with Crippen LogP contribution >= 0.6 is 13.5 Å². The van der Waals surface area contributed by atoms with Crippen LogP contribution in [0.25, 0.3) is 0 Å². The summed E-state index contributed by atoms with van der Waals surface area (Å²) in [5.74, 6) is -0.833. The largest absolute Gasteiger partial charge is 0.483 e. The van der Waals surface area contributed by atoms with Crippen LogP contribution in [-0.2, 0) is 9.59 Å². The molecule has 4 nitrogen and oxygen atoms in total. The predicted molar refractivity (Wildman–Crippen MR) is 59.6 cm³/mol. The topological polar surface area (TPSA) is 74.6 Å². The molecule has 0 aliphatic heterocycles. The molecular weight excluding hydrogens is 192 g/mol. The Kier molecular flexibility index (Phi) is 99.9. The quantitative estimate of drug-likeness (QED) is 0.476.